The molecule has 7 heteroatoms. The molecule has 2 aliphatic rings. The van der Waals surface area contributed by atoms with Crippen LogP contribution in [0.25, 0.3) is 0 Å². The number of rotatable bonds is 4. The predicted molar refractivity (Wildman–Crippen MR) is 113 cm³/mol. The largest absolute Gasteiger partial charge is 0.486 e. The fraction of sp³-hybridized carbons (Fsp3) is 0.381. The van der Waals surface area contributed by atoms with Crippen LogP contribution in [0.2, 0.25) is 0 Å². The second-order valence-electron chi connectivity index (χ2n) is 7.06. The minimum absolute atomic E-state index is 0. The molecule has 1 amide bonds. The van der Waals surface area contributed by atoms with E-state index in [0.717, 1.165) is 47.8 Å². The molecule has 0 aliphatic carbocycles. The van der Waals surface area contributed by atoms with Crippen molar-refractivity contribution in [3.05, 3.63) is 48.0 Å². The van der Waals surface area contributed by atoms with Gasteiger partial charge < -0.3 is 25.4 Å². The van der Waals surface area contributed by atoms with Crippen molar-refractivity contribution in [1.82, 2.24) is 5.32 Å². The molecule has 0 fully saturated rings. The van der Waals surface area contributed by atoms with Gasteiger partial charge in [-0.25, -0.2) is 0 Å². The molecule has 0 saturated carbocycles. The summed E-state index contributed by atoms with van der Waals surface area (Å²) in [7, 11) is 0. The van der Waals surface area contributed by atoms with Crippen LogP contribution < -0.4 is 25.4 Å². The first-order chi connectivity index (χ1) is 13.1. The normalized spacial score (nSPS) is 18.5. The summed E-state index contributed by atoms with van der Waals surface area (Å²) in [6.45, 7) is 3.62. The molecule has 3 N–H and O–H groups in total. The third kappa shape index (κ3) is 3.97. The van der Waals surface area contributed by atoms with E-state index in [1.165, 1.54) is 0 Å². The molecule has 2 unspecified atom stereocenters. The fourth-order valence-electron chi connectivity index (χ4n) is 3.75. The highest BCUT2D eigenvalue weighted by Crippen LogP contribution is 2.33. The molecular weight excluding hydrogens is 378 g/mol. The van der Waals surface area contributed by atoms with E-state index < -0.39 is 0 Å². The van der Waals surface area contributed by atoms with E-state index in [1.54, 1.807) is 0 Å². The number of fused-ring (bicyclic) bond motifs is 2. The van der Waals surface area contributed by atoms with Crippen molar-refractivity contribution in [2.24, 2.45) is 0 Å². The van der Waals surface area contributed by atoms with Crippen LogP contribution in [0.3, 0.4) is 0 Å². The average Bonchev–Trinajstić information content (AvgIpc) is 2.71. The van der Waals surface area contributed by atoms with Crippen molar-refractivity contribution in [3.63, 3.8) is 0 Å². The number of para-hydroxylation sites is 2. The predicted octanol–water partition coefficient (Wildman–Crippen LogP) is 2.79. The van der Waals surface area contributed by atoms with Crippen molar-refractivity contribution in [2.75, 3.05) is 30.3 Å². The molecule has 2 heterocycles. The van der Waals surface area contributed by atoms with Gasteiger partial charge in [-0.1, -0.05) is 18.2 Å². The maximum atomic E-state index is 12.7. The zero-order valence-corrected chi connectivity index (χ0v) is 16.7. The standard InChI is InChI=1S/C21H25N3O3.ClH/c1-14(24-11-5-6-16-17(22)7-4-8-18(16)24)21(25)23-12-15-13-26-19-9-2-3-10-20(19)27-15;/h2-4,7-10,14-15H,5-6,11-13,22H2,1H3,(H,23,25);1H. The molecule has 0 bridgehead atoms. The molecule has 2 aliphatic heterocycles. The zero-order chi connectivity index (χ0) is 18.8. The number of nitrogens with one attached hydrogen (secondary N) is 1. The van der Waals surface area contributed by atoms with Crippen molar-refractivity contribution in [3.8, 4) is 11.5 Å². The van der Waals surface area contributed by atoms with Crippen LogP contribution in [-0.4, -0.2) is 37.7 Å². The lowest BCUT2D eigenvalue weighted by Crippen LogP contribution is -2.50. The smallest absolute Gasteiger partial charge is 0.242 e. The number of halogens is 1. The second kappa shape index (κ2) is 8.61. The first-order valence-electron chi connectivity index (χ1n) is 9.43. The Hall–Kier alpha value is -2.60. The number of hydrogen-bond acceptors (Lipinski definition) is 5. The molecule has 150 valence electrons. The Kier molecular flexibility index (Phi) is 6.19. The summed E-state index contributed by atoms with van der Waals surface area (Å²) in [6, 6.07) is 13.2. The quantitative estimate of drug-likeness (QED) is 0.767. The number of hydrogen-bond donors (Lipinski definition) is 2. The summed E-state index contributed by atoms with van der Waals surface area (Å²) in [5, 5.41) is 3.01. The van der Waals surface area contributed by atoms with Crippen molar-refractivity contribution >= 4 is 29.7 Å². The molecule has 0 saturated heterocycles. The van der Waals surface area contributed by atoms with Gasteiger partial charge >= 0.3 is 0 Å². The van der Waals surface area contributed by atoms with Crippen molar-refractivity contribution in [2.45, 2.75) is 31.9 Å². The molecule has 2 atom stereocenters. The van der Waals surface area contributed by atoms with Crippen molar-refractivity contribution < 1.29 is 14.3 Å². The molecule has 2 aromatic carbocycles. The highest BCUT2D eigenvalue weighted by atomic mass is 35.5. The molecule has 0 radical (unpaired) electrons. The van der Waals surface area contributed by atoms with Gasteiger partial charge in [-0.05, 0) is 49.6 Å². The van der Waals surface area contributed by atoms with Gasteiger partial charge in [0, 0.05) is 17.9 Å². The van der Waals surface area contributed by atoms with Gasteiger partial charge in [0.25, 0.3) is 0 Å². The first-order valence-corrected chi connectivity index (χ1v) is 9.43. The van der Waals surface area contributed by atoms with Gasteiger partial charge in [-0.3, -0.25) is 4.79 Å². The number of benzene rings is 2. The Morgan fingerprint density at radius 1 is 1.25 bits per heavy atom. The summed E-state index contributed by atoms with van der Waals surface area (Å²) in [4.78, 5) is 14.9. The van der Waals surface area contributed by atoms with Crippen LogP contribution in [-0.2, 0) is 11.2 Å². The number of nitrogens with two attached hydrogens (primary N) is 1. The third-order valence-corrected chi connectivity index (χ3v) is 5.24. The lowest BCUT2D eigenvalue weighted by Gasteiger charge is -2.36. The fourth-order valence-corrected chi connectivity index (χ4v) is 3.75. The molecule has 0 spiro atoms. The number of carbonyl (C=O) groups excluding carboxylic acids is 1. The third-order valence-electron chi connectivity index (χ3n) is 5.24. The molecule has 6 nitrogen and oxygen atoms in total. The van der Waals surface area contributed by atoms with Crippen LogP contribution in [0.1, 0.15) is 18.9 Å². The Morgan fingerprint density at radius 3 is 2.86 bits per heavy atom. The SMILES string of the molecule is CC(C(=O)NCC1COc2ccccc2O1)N1CCCc2c(N)cccc21.Cl. The Bertz CT molecular complexity index is 845. The minimum atomic E-state index is -0.275. The van der Waals surface area contributed by atoms with Gasteiger partial charge in [-0.15, -0.1) is 12.4 Å². The van der Waals surface area contributed by atoms with Gasteiger partial charge in [0.1, 0.15) is 18.8 Å². The summed E-state index contributed by atoms with van der Waals surface area (Å²) >= 11 is 0. The maximum Gasteiger partial charge on any atom is 0.242 e. The minimum Gasteiger partial charge on any atom is -0.486 e. The maximum absolute atomic E-state index is 12.7. The van der Waals surface area contributed by atoms with E-state index in [9.17, 15) is 4.79 Å². The number of nitrogens with zero attached hydrogens (tertiary/aromatic N) is 1. The monoisotopic (exact) mass is 403 g/mol. The van der Waals surface area contributed by atoms with E-state index in [4.69, 9.17) is 15.2 Å². The van der Waals surface area contributed by atoms with E-state index in [2.05, 4.69) is 10.2 Å². The lowest BCUT2D eigenvalue weighted by molar-refractivity contribution is -0.122. The zero-order valence-electron chi connectivity index (χ0n) is 15.9. The Balaban J connectivity index is 0.00000225. The highest BCUT2D eigenvalue weighted by molar-refractivity contribution is 5.86. The Labute approximate surface area is 171 Å². The summed E-state index contributed by atoms with van der Waals surface area (Å²) in [5.74, 6) is 1.44. The topological polar surface area (TPSA) is 76.8 Å². The van der Waals surface area contributed by atoms with Crippen LogP contribution in [0.4, 0.5) is 11.4 Å². The van der Waals surface area contributed by atoms with Gasteiger partial charge in [0.05, 0.1) is 6.54 Å². The molecular formula is C21H26ClN3O3. The molecule has 28 heavy (non-hydrogen) atoms. The van der Waals surface area contributed by atoms with E-state index in [-0.39, 0.29) is 30.5 Å². The van der Waals surface area contributed by atoms with E-state index in [1.807, 2.05) is 49.4 Å². The van der Waals surface area contributed by atoms with Crippen LogP contribution in [0.15, 0.2) is 42.5 Å². The second-order valence-corrected chi connectivity index (χ2v) is 7.06. The molecule has 0 aromatic heterocycles. The van der Waals surface area contributed by atoms with Crippen LogP contribution >= 0.6 is 12.4 Å². The van der Waals surface area contributed by atoms with Gasteiger partial charge in [0.2, 0.25) is 5.91 Å². The molecule has 2 aromatic rings. The lowest BCUT2D eigenvalue weighted by atomic mass is 9.98. The number of anilines is 2. The van der Waals surface area contributed by atoms with E-state index in [0.29, 0.717) is 13.2 Å². The summed E-state index contributed by atoms with van der Waals surface area (Å²) in [5.41, 5.74) is 9.13. The Morgan fingerprint density at radius 2 is 2.04 bits per heavy atom. The average molecular weight is 404 g/mol. The number of amides is 1. The first kappa shape index (κ1) is 20.1. The highest BCUT2D eigenvalue weighted by Gasteiger charge is 2.28. The van der Waals surface area contributed by atoms with Gasteiger partial charge in [0.15, 0.2) is 11.5 Å². The van der Waals surface area contributed by atoms with Crippen LogP contribution in [0.5, 0.6) is 11.5 Å². The van der Waals surface area contributed by atoms with E-state index >= 15 is 0 Å². The molecule has 4 rings (SSSR count). The number of carbonyl (C=O) groups is 1. The number of nitrogen functional groups attached to an aromatic ring is 1. The summed E-state index contributed by atoms with van der Waals surface area (Å²) in [6.07, 6.45) is 1.76. The van der Waals surface area contributed by atoms with Gasteiger partial charge in [-0.2, -0.15) is 0 Å². The summed E-state index contributed by atoms with van der Waals surface area (Å²) < 4.78 is 11.6. The van der Waals surface area contributed by atoms with Crippen molar-refractivity contribution in [1.29, 1.82) is 0 Å². The van der Waals surface area contributed by atoms with Crippen LogP contribution in [0, 0.1) is 0 Å². The number of ether oxygens (including phenoxy) is 2.